The number of carbonyl (C=O) groups is 1. The molecule has 1 saturated heterocycles. The van der Waals surface area contributed by atoms with Crippen molar-refractivity contribution in [2.45, 2.75) is 64.8 Å². The van der Waals surface area contributed by atoms with E-state index in [2.05, 4.69) is 48.5 Å². The van der Waals surface area contributed by atoms with E-state index in [9.17, 15) is 13.2 Å². The molecule has 2 heterocycles. The van der Waals surface area contributed by atoms with Crippen LogP contribution in [-0.2, 0) is 28.5 Å². The SMILES string of the molecule is CC(C)c1cc(CC(=O)[N-]S(=O)(=O)N(c2cnn(C)c2)C2CCCN(C)C2)cc(C(C)C)c1.[Na+]. The van der Waals surface area contributed by atoms with Crippen LogP contribution in [0.25, 0.3) is 4.72 Å². The van der Waals surface area contributed by atoms with Crippen LogP contribution in [0.3, 0.4) is 0 Å². The first-order valence-electron chi connectivity index (χ1n) is 11.6. The van der Waals surface area contributed by atoms with Crippen LogP contribution in [0.1, 0.15) is 69.1 Å². The minimum Gasteiger partial charge on any atom is -0.528 e. The first-order chi connectivity index (χ1) is 15.5. The Labute approximate surface area is 226 Å². The molecule has 1 amide bonds. The van der Waals surface area contributed by atoms with E-state index in [1.165, 1.54) is 10.5 Å². The monoisotopic (exact) mass is 497 g/mol. The average molecular weight is 498 g/mol. The normalized spacial score (nSPS) is 17.0. The van der Waals surface area contributed by atoms with Crippen molar-refractivity contribution in [1.82, 2.24) is 14.7 Å². The predicted molar refractivity (Wildman–Crippen MR) is 132 cm³/mol. The third-order valence-electron chi connectivity index (χ3n) is 6.07. The van der Waals surface area contributed by atoms with E-state index in [4.69, 9.17) is 0 Å². The van der Waals surface area contributed by atoms with Crippen LogP contribution in [0.4, 0.5) is 5.69 Å². The minimum atomic E-state index is -4.23. The second-order valence-corrected chi connectivity index (χ2v) is 11.2. The number of likely N-dealkylation sites (tertiary alicyclic amines) is 1. The van der Waals surface area contributed by atoms with Crippen molar-refractivity contribution in [3.63, 3.8) is 0 Å². The van der Waals surface area contributed by atoms with Gasteiger partial charge in [-0.1, -0.05) is 45.9 Å². The molecule has 10 heteroatoms. The number of rotatable bonds is 8. The zero-order valence-electron chi connectivity index (χ0n) is 21.5. The van der Waals surface area contributed by atoms with Gasteiger partial charge in [0, 0.05) is 26.2 Å². The molecule has 1 aromatic carbocycles. The van der Waals surface area contributed by atoms with Gasteiger partial charge in [0.1, 0.15) is 0 Å². The standard InChI is InChI=1S/C24H37N5O3S.Na/c1-17(2)20-10-19(11-21(13-20)18(3)4)12-24(30)26-33(31,32)29(23-14-25-28(6)16-23)22-8-7-9-27(5)15-22;/h10-11,13-14,16-18,22H,7-9,12,15H2,1-6H3,(H,26,30);/q;+1/p-1. The molecule has 0 saturated carbocycles. The minimum absolute atomic E-state index is 0. The molecule has 3 rings (SSSR count). The van der Waals surface area contributed by atoms with Gasteiger partial charge < -0.3 is 14.4 Å². The summed E-state index contributed by atoms with van der Waals surface area (Å²) < 4.78 is 33.3. The zero-order chi connectivity index (χ0) is 24.3. The first-order valence-corrected chi connectivity index (χ1v) is 13.0. The fraction of sp³-hybridized carbons (Fsp3) is 0.583. The molecule has 1 fully saturated rings. The van der Waals surface area contributed by atoms with Gasteiger partial charge in [-0.05, 0) is 55.0 Å². The number of aryl methyl sites for hydroxylation is 1. The van der Waals surface area contributed by atoms with Gasteiger partial charge in [-0.3, -0.25) is 8.99 Å². The molecule has 1 aliphatic heterocycles. The summed E-state index contributed by atoms with van der Waals surface area (Å²) in [7, 11) is -0.526. The van der Waals surface area contributed by atoms with Crippen molar-refractivity contribution in [2.24, 2.45) is 7.05 Å². The maximum atomic E-state index is 13.4. The summed E-state index contributed by atoms with van der Waals surface area (Å²) >= 11 is 0. The van der Waals surface area contributed by atoms with E-state index in [1.807, 2.05) is 19.2 Å². The predicted octanol–water partition coefficient (Wildman–Crippen LogP) is 0.959. The van der Waals surface area contributed by atoms with E-state index >= 15 is 0 Å². The van der Waals surface area contributed by atoms with Crippen molar-refractivity contribution < 1.29 is 42.8 Å². The molecule has 34 heavy (non-hydrogen) atoms. The summed E-state index contributed by atoms with van der Waals surface area (Å²) in [6, 6.07) is 5.81. The molecule has 0 radical (unpaired) electrons. The average Bonchev–Trinajstić information content (AvgIpc) is 3.12. The molecule has 1 atom stereocenters. The van der Waals surface area contributed by atoms with Gasteiger partial charge in [-0.2, -0.15) is 5.10 Å². The van der Waals surface area contributed by atoms with E-state index in [0.29, 0.717) is 30.5 Å². The maximum Gasteiger partial charge on any atom is 1.00 e. The summed E-state index contributed by atoms with van der Waals surface area (Å²) in [6.07, 6.45) is 4.68. The number of benzene rings is 1. The van der Waals surface area contributed by atoms with Gasteiger partial charge in [0.25, 0.3) is 0 Å². The maximum absolute atomic E-state index is 13.4. The van der Waals surface area contributed by atoms with E-state index in [-0.39, 0.29) is 42.0 Å². The van der Waals surface area contributed by atoms with Crippen molar-refractivity contribution in [1.29, 1.82) is 0 Å². The number of hydrogen-bond acceptors (Lipinski definition) is 5. The molecule has 8 nitrogen and oxygen atoms in total. The van der Waals surface area contributed by atoms with Crippen LogP contribution >= 0.6 is 0 Å². The second-order valence-electron chi connectivity index (χ2n) is 9.68. The van der Waals surface area contributed by atoms with E-state index < -0.39 is 16.1 Å². The smallest absolute Gasteiger partial charge is 0.528 e. The van der Waals surface area contributed by atoms with Gasteiger partial charge >= 0.3 is 29.6 Å². The molecule has 1 aromatic heterocycles. The van der Waals surface area contributed by atoms with Crippen molar-refractivity contribution in [3.05, 3.63) is 52.0 Å². The number of amides is 1. The molecule has 1 aliphatic rings. The van der Waals surface area contributed by atoms with Gasteiger partial charge in [0.2, 0.25) is 0 Å². The molecule has 182 valence electrons. The van der Waals surface area contributed by atoms with Crippen LogP contribution in [-0.4, -0.2) is 55.2 Å². The number of nitrogens with zero attached hydrogens (tertiary/aromatic N) is 5. The summed E-state index contributed by atoms with van der Waals surface area (Å²) in [6.45, 7) is 9.91. The van der Waals surface area contributed by atoms with Gasteiger partial charge in [0.15, 0.2) is 10.2 Å². The van der Waals surface area contributed by atoms with Gasteiger partial charge in [0.05, 0.1) is 23.8 Å². The number of likely N-dealkylation sites (N-methyl/N-ethyl adjacent to an activating group) is 1. The molecular formula is C24H36N5NaO3S. The summed E-state index contributed by atoms with van der Waals surface area (Å²) in [5, 5.41) is 4.13. The van der Waals surface area contributed by atoms with E-state index in [1.54, 1.807) is 17.9 Å². The molecule has 0 bridgehead atoms. The van der Waals surface area contributed by atoms with Crippen LogP contribution in [0.5, 0.6) is 0 Å². The summed E-state index contributed by atoms with van der Waals surface area (Å²) in [5.74, 6) is -0.0474. The number of hydrogen-bond donors (Lipinski definition) is 0. The molecule has 0 spiro atoms. The Morgan fingerprint density at radius 1 is 1.15 bits per heavy atom. The van der Waals surface area contributed by atoms with Gasteiger partial charge in [-0.15, -0.1) is 0 Å². The summed E-state index contributed by atoms with van der Waals surface area (Å²) in [5.41, 5.74) is 3.49. The Balaban J connectivity index is 0.00000408. The third-order valence-corrected chi connectivity index (χ3v) is 7.51. The van der Waals surface area contributed by atoms with Crippen molar-refractivity contribution >= 4 is 21.8 Å². The second kappa shape index (κ2) is 12.0. The van der Waals surface area contributed by atoms with Crippen LogP contribution in [0, 0.1) is 0 Å². The quantitative estimate of drug-likeness (QED) is 0.507. The molecule has 1 unspecified atom stereocenters. The molecule has 2 aromatic rings. The number of anilines is 1. The fourth-order valence-electron chi connectivity index (χ4n) is 4.28. The largest absolute Gasteiger partial charge is 1.00 e. The Hall–Kier alpha value is -1.39. The van der Waals surface area contributed by atoms with Crippen LogP contribution in [0.15, 0.2) is 30.6 Å². The zero-order valence-corrected chi connectivity index (χ0v) is 24.3. The van der Waals surface area contributed by atoms with Crippen LogP contribution in [0.2, 0.25) is 0 Å². The Kier molecular flexibility index (Phi) is 10.2. The third kappa shape index (κ3) is 7.31. The van der Waals surface area contributed by atoms with Gasteiger partial charge in [-0.25, -0.2) is 8.42 Å². The Morgan fingerprint density at radius 3 is 2.26 bits per heavy atom. The topological polar surface area (TPSA) is 89.6 Å². The first kappa shape index (κ1) is 28.8. The van der Waals surface area contributed by atoms with E-state index in [0.717, 1.165) is 29.7 Å². The summed E-state index contributed by atoms with van der Waals surface area (Å²) in [4.78, 5) is 15.0. The molecule has 0 N–H and O–H groups in total. The van der Waals surface area contributed by atoms with Crippen molar-refractivity contribution in [2.75, 3.05) is 24.4 Å². The fourth-order valence-corrected chi connectivity index (χ4v) is 5.60. The Morgan fingerprint density at radius 2 is 1.76 bits per heavy atom. The molecular weight excluding hydrogens is 461 g/mol. The molecule has 0 aliphatic carbocycles. The van der Waals surface area contributed by atoms with Crippen molar-refractivity contribution in [3.8, 4) is 0 Å². The van der Waals surface area contributed by atoms with Crippen LogP contribution < -0.4 is 33.9 Å². The number of piperidine rings is 1. The number of carbonyl (C=O) groups excluding carboxylic acids is 1. The Bertz CT molecular complexity index is 1060. The number of aromatic nitrogens is 2.